The first-order valence-electron chi connectivity index (χ1n) is 8.49. The number of nitrogens with one attached hydrogen (secondary N) is 2. The van der Waals surface area contributed by atoms with E-state index in [0.29, 0.717) is 28.2 Å². The normalized spacial score (nSPS) is 20.1. The van der Waals surface area contributed by atoms with Gasteiger partial charge in [-0.1, -0.05) is 30.3 Å². The summed E-state index contributed by atoms with van der Waals surface area (Å²) < 4.78 is 13.5. The van der Waals surface area contributed by atoms with Gasteiger partial charge in [0.25, 0.3) is 11.8 Å². The number of amides is 2. The van der Waals surface area contributed by atoms with Crippen LogP contribution in [0.3, 0.4) is 0 Å². The van der Waals surface area contributed by atoms with E-state index in [1.54, 1.807) is 36.4 Å². The van der Waals surface area contributed by atoms with E-state index in [0.717, 1.165) is 0 Å². The number of halogens is 1. The number of para-hydroxylation sites is 2. The molecule has 2 heterocycles. The third-order valence-electron chi connectivity index (χ3n) is 4.99. The Morgan fingerprint density at radius 1 is 0.815 bits per heavy atom. The summed E-state index contributed by atoms with van der Waals surface area (Å²) in [5.41, 5.74) is 1.28. The van der Waals surface area contributed by atoms with Crippen LogP contribution in [0.2, 0.25) is 0 Å². The highest BCUT2D eigenvalue weighted by Gasteiger charge is 2.56. The van der Waals surface area contributed by atoms with E-state index in [1.807, 2.05) is 12.1 Å². The summed E-state index contributed by atoms with van der Waals surface area (Å²) in [4.78, 5) is 28.0. The average molecular weight is 359 g/mol. The summed E-state index contributed by atoms with van der Waals surface area (Å²) in [6, 6.07) is 19.8. The van der Waals surface area contributed by atoms with Crippen LogP contribution in [0.15, 0.2) is 72.8 Å². The summed E-state index contributed by atoms with van der Waals surface area (Å²) in [5.74, 6) is -1.11. The van der Waals surface area contributed by atoms with Crippen LogP contribution < -0.4 is 15.5 Å². The molecule has 1 spiro atoms. The van der Waals surface area contributed by atoms with E-state index in [2.05, 4.69) is 10.6 Å². The maximum absolute atomic E-state index is 13.5. The molecule has 27 heavy (non-hydrogen) atoms. The molecule has 5 nitrogen and oxygen atoms in total. The average Bonchev–Trinajstić information content (AvgIpc) is 2.95. The van der Waals surface area contributed by atoms with Crippen molar-refractivity contribution in [2.45, 2.75) is 5.66 Å². The van der Waals surface area contributed by atoms with Crippen LogP contribution in [0, 0.1) is 5.82 Å². The second kappa shape index (κ2) is 5.41. The molecule has 3 aromatic rings. The summed E-state index contributed by atoms with van der Waals surface area (Å²) in [6.45, 7) is 0. The number of carbonyl (C=O) groups excluding carboxylic acids is 2. The van der Waals surface area contributed by atoms with Gasteiger partial charge in [-0.3, -0.25) is 14.5 Å². The molecule has 0 aromatic heterocycles. The monoisotopic (exact) mass is 359 g/mol. The molecule has 0 fully saturated rings. The fourth-order valence-corrected chi connectivity index (χ4v) is 3.79. The minimum atomic E-state index is -1.44. The van der Waals surface area contributed by atoms with Gasteiger partial charge < -0.3 is 10.6 Å². The van der Waals surface area contributed by atoms with Crippen LogP contribution in [0.4, 0.5) is 21.5 Å². The SMILES string of the molecule is O=C1c2ccccc2NC2(C(=O)Nc3ccccc32)N1c1ccc(F)cc1. The molecular weight excluding hydrogens is 345 g/mol. The van der Waals surface area contributed by atoms with Gasteiger partial charge in [-0.15, -0.1) is 0 Å². The maximum Gasteiger partial charge on any atom is 0.276 e. The topological polar surface area (TPSA) is 61.4 Å². The Labute approximate surface area is 154 Å². The molecular formula is C21H14FN3O2. The van der Waals surface area contributed by atoms with Crippen LogP contribution in [-0.2, 0) is 10.5 Å². The van der Waals surface area contributed by atoms with Crippen molar-refractivity contribution in [3.05, 3.63) is 89.7 Å². The first-order valence-corrected chi connectivity index (χ1v) is 8.49. The zero-order valence-electron chi connectivity index (χ0n) is 14.1. The molecule has 5 rings (SSSR count). The van der Waals surface area contributed by atoms with Crippen molar-refractivity contribution < 1.29 is 14.0 Å². The Morgan fingerprint density at radius 2 is 1.48 bits per heavy atom. The summed E-state index contributed by atoms with van der Waals surface area (Å²) in [5, 5.41) is 6.12. The molecule has 0 aliphatic carbocycles. The second-order valence-electron chi connectivity index (χ2n) is 6.50. The van der Waals surface area contributed by atoms with Crippen molar-refractivity contribution in [2.24, 2.45) is 0 Å². The molecule has 6 heteroatoms. The molecule has 2 amide bonds. The Balaban J connectivity index is 1.81. The highest BCUT2D eigenvalue weighted by molar-refractivity contribution is 6.21. The number of hydrogen-bond acceptors (Lipinski definition) is 3. The molecule has 1 atom stereocenters. The molecule has 2 aliphatic heterocycles. The van der Waals surface area contributed by atoms with Crippen molar-refractivity contribution in [2.75, 3.05) is 15.5 Å². The molecule has 132 valence electrons. The van der Waals surface area contributed by atoms with Crippen molar-refractivity contribution in [1.29, 1.82) is 0 Å². The van der Waals surface area contributed by atoms with E-state index >= 15 is 0 Å². The third-order valence-corrected chi connectivity index (χ3v) is 4.99. The summed E-state index contributed by atoms with van der Waals surface area (Å²) >= 11 is 0. The molecule has 2 aliphatic rings. The summed E-state index contributed by atoms with van der Waals surface area (Å²) in [7, 11) is 0. The standard InChI is InChI=1S/C21H14FN3O2/c22-13-9-11-14(12-10-13)25-19(26)15-5-1-3-7-17(15)24-21(25)16-6-2-4-8-18(16)23-20(21)27/h1-12,24H,(H,23,27). The van der Waals surface area contributed by atoms with Gasteiger partial charge in [0, 0.05) is 22.6 Å². The first kappa shape index (κ1) is 15.6. The summed E-state index contributed by atoms with van der Waals surface area (Å²) in [6.07, 6.45) is 0. The van der Waals surface area contributed by atoms with Crippen molar-refractivity contribution in [3.8, 4) is 0 Å². The van der Waals surface area contributed by atoms with Crippen LogP contribution >= 0.6 is 0 Å². The van der Waals surface area contributed by atoms with E-state index in [9.17, 15) is 14.0 Å². The molecule has 3 aromatic carbocycles. The number of benzene rings is 3. The molecule has 0 saturated heterocycles. The lowest BCUT2D eigenvalue weighted by molar-refractivity contribution is -0.119. The van der Waals surface area contributed by atoms with Gasteiger partial charge in [0.15, 0.2) is 0 Å². The lowest BCUT2D eigenvalue weighted by atomic mass is 9.92. The second-order valence-corrected chi connectivity index (χ2v) is 6.50. The fraction of sp³-hybridized carbons (Fsp3) is 0.0476. The number of carbonyl (C=O) groups is 2. The van der Waals surface area contributed by atoms with Crippen molar-refractivity contribution >= 4 is 28.9 Å². The number of fused-ring (bicyclic) bond motifs is 3. The highest BCUT2D eigenvalue weighted by atomic mass is 19.1. The van der Waals surface area contributed by atoms with Gasteiger partial charge in [0.05, 0.1) is 5.56 Å². The lowest BCUT2D eigenvalue weighted by Crippen LogP contribution is -2.61. The Morgan fingerprint density at radius 3 is 2.26 bits per heavy atom. The van der Waals surface area contributed by atoms with Crippen molar-refractivity contribution in [3.63, 3.8) is 0 Å². The molecule has 0 saturated carbocycles. The largest absolute Gasteiger partial charge is 0.350 e. The Hall–Kier alpha value is -3.67. The van der Waals surface area contributed by atoms with Gasteiger partial charge in [0.1, 0.15) is 5.82 Å². The van der Waals surface area contributed by atoms with Crippen LogP contribution in [-0.4, -0.2) is 11.8 Å². The van der Waals surface area contributed by atoms with Gasteiger partial charge in [-0.25, -0.2) is 4.39 Å². The quantitative estimate of drug-likeness (QED) is 0.696. The molecule has 0 radical (unpaired) electrons. The predicted molar refractivity (Wildman–Crippen MR) is 100 cm³/mol. The van der Waals surface area contributed by atoms with E-state index in [1.165, 1.54) is 29.2 Å². The van der Waals surface area contributed by atoms with Gasteiger partial charge >= 0.3 is 0 Å². The Kier molecular flexibility index (Phi) is 3.12. The minimum absolute atomic E-state index is 0.331. The number of anilines is 3. The lowest BCUT2D eigenvalue weighted by Gasteiger charge is -2.44. The fourth-order valence-electron chi connectivity index (χ4n) is 3.79. The maximum atomic E-state index is 13.5. The minimum Gasteiger partial charge on any atom is -0.350 e. The van der Waals surface area contributed by atoms with Gasteiger partial charge in [-0.2, -0.15) is 0 Å². The number of nitrogens with zero attached hydrogens (tertiary/aromatic N) is 1. The molecule has 0 bridgehead atoms. The van der Waals surface area contributed by atoms with Crippen LogP contribution in [0.25, 0.3) is 0 Å². The van der Waals surface area contributed by atoms with Crippen LogP contribution in [0.5, 0.6) is 0 Å². The number of rotatable bonds is 1. The van der Waals surface area contributed by atoms with Gasteiger partial charge in [-0.05, 0) is 42.5 Å². The van der Waals surface area contributed by atoms with E-state index < -0.39 is 11.5 Å². The molecule has 1 unspecified atom stereocenters. The van der Waals surface area contributed by atoms with Crippen LogP contribution in [0.1, 0.15) is 15.9 Å². The Bertz CT molecular complexity index is 1100. The zero-order chi connectivity index (χ0) is 18.6. The molecule has 2 N–H and O–H groups in total. The first-order chi connectivity index (χ1) is 13.1. The van der Waals surface area contributed by atoms with Crippen molar-refractivity contribution in [1.82, 2.24) is 0 Å². The predicted octanol–water partition coefficient (Wildman–Crippen LogP) is 3.70. The zero-order valence-corrected chi connectivity index (χ0v) is 14.1. The van der Waals surface area contributed by atoms with E-state index in [-0.39, 0.29) is 11.8 Å². The number of hydrogen-bond donors (Lipinski definition) is 2. The smallest absolute Gasteiger partial charge is 0.276 e. The van der Waals surface area contributed by atoms with Gasteiger partial charge in [0.2, 0.25) is 5.66 Å². The third kappa shape index (κ3) is 2.04. The highest BCUT2D eigenvalue weighted by Crippen LogP contribution is 2.47. The van der Waals surface area contributed by atoms with E-state index in [4.69, 9.17) is 0 Å².